The summed E-state index contributed by atoms with van der Waals surface area (Å²) in [6.45, 7) is 6.68. The van der Waals surface area contributed by atoms with E-state index in [1.54, 1.807) is 11.6 Å². The van der Waals surface area contributed by atoms with Gasteiger partial charge in [0.2, 0.25) is 0 Å². The predicted molar refractivity (Wildman–Crippen MR) is 90.0 cm³/mol. The van der Waals surface area contributed by atoms with Crippen LogP contribution in [0.1, 0.15) is 25.5 Å². The highest BCUT2D eigenvalue weighted by molar-refractivity contribution is 5.75. The molecule has 0 aliphatic rings. The highest BCUT2D eigenvalue weighted by Gasteiger charge is 2.02. The molecule has 0 aliphatic heterocycles. The quantitative estimate of drug-likeness (QED) is 0.437. The van der Waals surface area contributed by atoms with Gasteiger partial charge in [-0.25, -0.2) is 4.68 Å². The molecular weight excluding hydrogens is 312 g/mol. The maximum atomic E-state index is 10.9. The number of hydrogen-bond donors (Lipinski definition) is 1. The molecular formula is C16H30N4O4. The average molecular weight is 342 g/mol. The van der Waals surface area contributed by atoms with Crippen molar-refractivity contribution in [2.45, 2.75) is 32.7 Å². The van der Waals surface area contributed by atoms with Gasteiger partial charge in [-0.3, -0.25) is 0 Å². The summed E-state index contributed by atoms with van der Waals surface area (Å²) in [4.78, 5) is 10.9. The molecule has 0 aromatic carbocycles. The molecule has 1 rings (SSSR count). The Balaban J connectivity index is 1.92. The van der Waals surface area contributed by atoms with E-state index in [9.17, 15) is 4.79 Å². The molecule has 0 amide bonds. The van der Waals surface area contributed by atoms with E-state index in [1.807, 2.05) is 13.2 Å². The summed E-state index contributed by atoms with van der Waals surface area (Å²) in [5.41, 5.74) is 0.915. The largest absolute Gasteiger partial charge is 0.378 e. The van der Waals surface area contributed by atoms with Crippen molar-refractivity contribution in [3.63, 3.8) is 0 Å². The minimum Gasteiger partial charge on any atom is -0.378 e. The van der Waals surface area contributed by atoms with Crippen LogP contribution in [0.25, 0.3) is 0 Å². The topological polar surface area (TPSA) is 87.5 Å². The van der Waals surface area contributed by atoms with Crippen molar-refractivity contribution in [3.8, 4) is 0 Å². The minimum absolute atomic E-state index is 0.211. The van der Waals surface area contributed by atoms with Gasteiger partial charge in [-0.15, -0.1) is 5.10 Å². The Morgan fingerprint density at radius 3 is 2.46 bits per heavy atom. The van der Waals surface area contributed by atoms with Crippen LogP contribution in [0, 0.1) is 0 Å². The molecule has 0 fully saturated rings. The molecule has 138 valence electrons. The fraction of sp³-hybridized carbons (Fsp3) is 0.812. The molecule has 0 radical (unpaired) electrons. The van der Waals surface area contributed by atoms with Crippen LogP contribution in [0.2, 0.25) is 0 Å². The third-order valence-corrected chi connectivity index (χ3v) is 3.25. The highest BCUT2D eigenvalue weighted by Crippen LogP contribution is 2.01. The summed E-state index contributed by atoms with van der Waals surface area (Å²) in [7, 11) is 1.89. The second kappa shape index (κ2) is 14.0. The van der Waals surface area contributed by atoms with Crippen LogP contribution in [-0.2, 0) is 32.0 Å². The second-order valence-corrected chi connectivity index (χ2v) is 5.47. The summed E-state index contributed by atoms with van der Waals surface area (Å²) >= 11 is 0. The first-order valence-corrected chi connectivity index (χ1v) is 8.48. The Labute approximate surface area is 143 Å². The Morgan fingerprint density at radius 2 is 1.79 bits per heavy atom. The number of likely N-dealkylation sites (N-methyl/N-ethyl adjacent to an activating group) is 1. The second-order valence-electron chi connectivity index (χ2n) is 5.47. The molecule has 0 atom stereocenters. The minimum atomic E-state index is 0.211. The SMILES string of the molecule is CNCCOCCOCCOCCn1cc(CCCC(C)=O)nn1. The fourth-order valence-electron chi connectivity index (χ4n) is 1.96. The van der Waals surface area contributed by atoms with Gasteiger partial charge in [-0.2, -0.15) is 0 Å². The molecule has 1 aromatic rings. The van der Waals surface area contributed by atoms with E-state index in [1.165, 1.54) is 0 Å². The fourth-order valence-corrected chi connectivity index (χ4v) is 1.96. The number of aryl methyl sites for hydroxylation is 1. The van der Waals surface area contributed by atoms with E-state index in [0.717, 1.165) is 25.1 Å². The molecule has 8 heteroatoms. The van der Waals surface area contributed by atoms with Gasteiger partial charge >= 0.3 is 0 Å². The van der Waals surface area contributed by atoms with Crippen LogP contribution >= 0.6 is 0 Å². The van der Waals surface area contributed by atoms with Crippen molar-refractivity contribution in [2.75, 3.05) is 53.2 Å². The lowest BCUT2D eigenvalue weighted by Gasteiger charge is -2.06. The molecule has 0 saturated heterocycles. The Bertz CT molecular complexity index is 439. The first-order chi connectivity index (χ1) is 11.7. The van der Waals surface area contributed by atoms with E-state index >= 15 is 0 Å². The van der Waals surface area contributed by atoms with Crippen molar-refractivity contribution in [2.24, 2.45) is 0 Å². The van der Waals surface area contributed by atoms with E-state index in [0.29, 0.717) is 52.6 Å². The van der Waals surface area contributed by atoms with Gasteiger partial charge in [-0.1, -0.05) is 5.21 Å². The first-order valence-electron chi connectivity index (χ1n) is 8.48. The highest BCUT2D eigenvalue weighted by atomic mass is 16.5. The lowest BCUT2D eigenvalue weighted by atomic mass is 10.1. The summed E-state index contributed by atoms with van der Waals surface area (Å²) in [5.74, 6) is 0.211. The normalized spacial score (nSPS) is 11.1. The number of ketones is 1. The zero-order valence-corrected chi connectivity index (χ0v) is 14.8. The average Bonchev–Trinajstić information content (AvgIpc) is 3.00. The van der Waals surface area contributed by atoms with Crippen LogP contribution in [0.4, 0.5) is 0 Å². The monoisotopic (exact) mass is 342 g/mol. The number of aromatic nitrogens is 3. The molecule has 0 bridgehead atoms. The van der Waals surface area contributed by atoms with Gasteiger partial charge in [0.1, 0.15) is 5.78 Å². The lowest BCUT2D eigenvalue weighted by Crippen LogP contribution is -2.17. The summed E-state index contributed by atoms with van der Waals surface area (Å²) in [6.07, 6.45) is 4.10. The zero-order chi connectivity index (χ0) is 17.5. The molecule has 0 saturated carbocycles. The molecule has 1 heterocycles. The zero-order valence-electron chi connectivity index (χ0n) is 14.8. The standard InChI is InChI=1S/C16H30N4O4/c1-15(21)4-3-5-16-14-20(19-18-16)7-9-23-11-13-24-12-10-22-8-6-17-2/h14,17H,3-13H2,1-2H3. The molecule has 1 N–H and O–H groups in total. The van der Waals surface area contributed by atoms with Crippen molar-refractivity contribution >= 4 is 5.78 Å². The van der Waals surface area contributed by atoms with E-state index < -0.39 is 0 Å². The molecule has 24 heavy (non-hydrogen) atoms. The summed E-state index contributed by atoms with van der Waals surface area (Å²) < 4.78 is 18.0. The van der Waals surface area contributed by atoms with Crippen LogP contribution in [0.15, 0.2) is 6.20 Å². The van der Waals surface area contributed by atoms with E-state index in [2.05, 4.69) is 15.6 Å². The van der Waals surface area contributed by atoms with Crippen molar-refractivity contribution < 1.29 is 19.0 Å². The Kier molecular flexibility index (Phi) is 12.1. The van der Waals surface area contributed by atoms with Crippen molar-refractivity contribution in [1.82, 2.24) is 20.3 Å². The van der Waals surface area contributed by atoms with Crippen LogP contribution < -0.4 is 5.32 Å². The number of nitrogens with zero attached hydrogens (tertiary/aromatic N) is 3. The Morgan fingerprint density at radius 1 is 1.12 bits per heavy atom. The number of nitrogens with one attached hydrogen (secondary N) is 1. The van der Waals surface area contributed by atoms with Gasteiger partial charge in [0.05, 0.1) is 51.9 Å². The number of Topliss-reactive ketones (excluding diaryl/α,β-unsaturated/α-hetero) is 1. The molecule has 0 aliphatic carbocycles. The summed E-state index contributed by atoms with van der Waals surface area (Å²) in [6, 6.07) is 0. The van der Waals surface area contributed by atoms with E-state index in [4.69, 9.17) is 14.2 Å². The van der Waals surface area contributed by atoms with Gasteiger partial charge in [0.25, 0.3) is 0 Å². The lowest BCUT2D eigenvalue weighted by molar-refractivity contribution is -0.117. The summed E-state index contributed by atoms with van der Waals surface area (Å²) in [5, 5.41) is 11.1. The third kappa shape index (κ3) is 11.2. The van der Waals surface area contributed by atoms with Gasteiger partial charge < -0.3 is 24.3 Å². The Hall–Kier alpha value is -1.35. The van der Waals surface area contributed by atoms with E-state index in [-0.39, 0.29) is 5.78 Å². The maximum Gasteiger partial charge on any atom is 0.129 e. The van der Waals surface area contributed by atoms with Crippen LogP contribution in [0.3, 0.4) is 0 Å². The first kappa shape index (κ1) is 20.7. The van der Waals surface area contributed by atoms with Gasteiger partial charge in [-0.05, 0) is 26.8 Å². The molecule has 1 aromatic heterocycles. The van der Waals surface area contributed by atoms with Crippen LogP contribution in [-0.4, -0.2) is 74.0 Å². The van der Waals surface area contributed by atoms with Gasteiger partial charge in [0, 0.05) is 19.2 Å². The van der Waals surface area contributed by atoms with Crippen molar-refractivity contribution in [1.29, 1.82) is 0 Å². The molecule has 0 unspecified atom stereocenters. The number of carbonyl (C=O) groups is 1. The molecule has 8 nitrogen and oxygen atoms in total. The third-order valence-electron chi connectivity index (χ3n) is 3.25. The van der Waals surface area contributed by atoms with Gasteiger partial charge in [0.15, 0.2) is 0 Å². The number of hydrogen-bond acceptors (Lipinski definition) is 7. The smallest absolute Gasteiger partial charge is 0.129 e. The number of ether oxygens (including phenoxy) is 3. The number of rotatable bonds is 16. The van der Waals surface area contributed by atoms with Crippen LogP contribution in [0.5, 0.6) is 0 Å². The molecule has 0 spiro atoms. The maximum absolute atomic E-state index is 10.9. The predicted octanol–water partition coefficient (Wildman–Crippen LogP) is 0.459. The number of carbonyl (C=O) groups excluding carboxylic acids is 1. The van der Waals surface area contributed by atoms with Crippen molar-refractivity contribution in [3.05, 3.63) is 11.9 Å².